The third kappa shape index (κ3) is 5.75. The van der Waals surface area contributed by atoms with Crippen LogP contribution in [0.3, 0.4) is 0 Å². The van der Waals surface area contributed by atoms with Gasteiger partial charge in [0, 0.05) is 5.38 Å². The second-order valence-electron chi connectivity index (χ2n) is 4.68. The van der Waals surface area contributed by atoms with E-state index in [1.54, 1.807) is 43.5 Å². The first-order chi connectivity index (χ1) is 12.1. The van der Waals surface area contributed by atoms with E-state index in [1.807, 2.05) is 0 Å². The predicted molar refractivity (Wildman–Crippen MR) is 91.0 cm³/mol. The normalized spacial score (nSPS) is 10.2. The van der Waals surface area contributed by atoms with Crippen molar-refractivity contribution in [1.29, 1.82) is 0 Å². The molecule has 1 aromatic heterocycles. The number of aromatic nitrogens is 1. The second-order valence-corrected chi connectivity index (χ2v) is 5.62. The third-order valence-corrected chi connectivity index (χ3v) is 3.71. The summed E-state index contributed by atoms with van der Waals surface area (Å²) in [5, 5.41) is 2.25. The van der Waals surface area contributed by atoms with E-state index in [9.17, 15) is 9.59 Å². The summed E-state index contributed by atoms with van der Waals surface area (Å²) in [5.74, 6) is -0.00289. The van der Waals surface area contributed by atoms with Crippen LogP contribution in [0.4, 0.5) is 0 Å². The van der Waals surface area contributed by atoms with Crippen molar-refractivity contribution in [2.75, 3.05) is 19.8 Å². The van der Waals surface area contributed by atoms with Gasteiger partial charge in [-0.25, -0.2) is 14.6 Å². The molecule has 0 aliphatic rings. The fraction of sp³-hybridized carbons (Fsp3) is 0.353. The maximum atomic E-state index is 11.6. The number of carbonyl (C=O) groups excluding carboxylic acids is 2. The predicted octanol–water partition coefficient (Wildman–Crippen LogP) is 2.84. The van der Waals surface area contributed by atoms with Crippen LogP contribution in [0.5, 0.6) is 11.5 Å². The molecule has 2 aromatic rings. The zero-order valence-corrected chi connectivity index (χ0v) is 14.8. The standard InChI is InChI=1S/C17H19NO6S/c1-3-21-16(19)10-24-14-8-6-5-7-13(14)23-9-15-18-12(11-25-15)17(20)22-4-2/h5-8,11H,3-4,9-10H2,1-2H3. The van der Waals surface area contributed by atoms with Gasteiger partial charge >= 0.3 is 11.9 Å². The lowest BCUT2D eigenvalue weighted by Gasteiger charge is -2.11. The Balaban J connectivity index is 1.94. The maximum absolute atomic E-state index is 11.6. The molecule has 0 spiro atoms. The van der Waals surface area contributed by atoms with E-state index in [0.29, 0.717) is 29.7 Å². The lowest BCUT2D eigenvalue weighted by atomic mass is 10.3. The summed E-state index contributed by atoms with van der Waals surface area (Å²) in [7, 11) is 0. The molecule has 0 fully saturated rings. The molecule has 1 aromatic carbocycles. The highest BCUT2D eigenvalue weighted by molar-refractivity contribution is 7.09. The fourth-order valence-electron chi connectivity index (χ4n) is 1.84. The van der Waals surface area contributed by atoms with Crippen molar-refractivity contribution in [2.24, 2.45) is 0 Å². The Bertz CT molecular complexity index is 715. The summed E-state index contributed by atoms with van der Waals surface area (Å²) in [6, 6.07) is 6.98. The molecule has 7 nitrogen and oxygen atoms in total. The summed E-state index contributed by atoms with van der Waals surface area (Å²) >= 11 is 1.30. The lowest BCUT2D eigenvalue weighted by Crippen LogP contribution is -2.15. The van der Waals surface area contributed by atoms with Gasteiger partial charge in [0.2, 0.25) is 0 Å². The van der Waals surface area contributed by atoms with Gasteiger partial charge in [-0.05, 0) is 26.0 Å². The molecule has 0 atom stereocenters. The Hall–Kier alpha value is -2.61. The summed E-state index contributed by atoms with van der Waals surface area (Å²) in [6.45, 7) is 4.04. The van der Waals surface area contributed by atoms with Gasteiger partial charge < -0.3 is 18.9 Å². The molecule has 8 heteroatoms. The van der Waals surface area contributed by atoms with Crippen molar-refractivity contribution in [3.8, 4) is 11.5 Å². The average molecular weight is 365 g/mol. The van der Waals surface area contributed by atoms with Gasteiger partial charge in [0.05, 0.1) is 13.2 Å². The van der Waals surface area contributed by atoms with E-state index < -0.39 is 11.9 Å². The Morgan fingerprint density at radius 1 is 1.04 bits per heavy atom. The molecule has 2 rings (SSSR count). The first kappa shape index (κ1) is 18.7. The molecule has 0 amide bonds. The fourth-order valence-corrected chi connectivity index (χ4v) is 2.52. The Morgan fingerprint density at radius 3 is 2.40 bits per heavy atom. The van der Waals surface area contributed by atoms with Crippen LogP contribution in [-0.4, -0.2) is 36.7 Å². The zero-order chi connectivity index (χ0) is 18.1. The number of ether oxygens (including phenoxy) is 4. The van der Waals surface area contributed by atoms with E-state index in [1.165, 1.54) is 11.3 Å². The molecule has 0 N–H and O–H groups in total. The molecule has 1 heterocycles. The molecule has 0 aliphatic carbocycles. The van der Waals surface area contributed by atoms with E-state index in [4.69, 9.17) is 18.9 Å². The molecule has 0 saturated heterocycles. The summed E-state index contributed by atoms with van der Waals surface area (Å²) < 4.78 is 20.8. The van der Waals surface area contributed by atoms with Crippen molar-refractivity contribution in [3.63, 3.8) is 0 Å². The number of benzene rings is 1. The SMILES string of the molecule is CCOC(=O)COc1ccccc1OCc1nc(C(=O)OCC)cs1. The molecular formula is C17H19NO6S. The van der Waals surface area contributed by atoms with Crippen LogP contribution >= 0.6 is 11.3 Å². The summed E-state index contributed by atoms with van der Waals surface area (Å²) in [5.41, 5.74) is 0.261. The van der Waals surface area contributed by atoms with E-state index in [2.05, 4.69) is 4.98 Å². The van der Waals surface area contributed by atoms with Crippen molar-refractivity contribution in [2.45, 2.75) is 20.5 Å². The first-order valence-corrected chi connectivity index (χ1v) is 8.63. The molecule has 134 valence electrons. The number of hydrogen-bond acceptors (Lipinski definition) is 8. The van der Waals surface area contributed by atoms with Crippen LogP contribution in [0.1, 0.15) is 29.3 Å². The van der Waals surface area contributed by atoms with Crippen LogP contribution in [-0.2, 0) is 20.9 Å². The topological polar surface area (TPSA) is 84.0 Å². The average Bonchev–Trinajstić information content (AvgIpc) is 3.08. The van der Waals surface area contributed by atoms with Crippen molar-refractivity contribution in [3.05, 3.63) is 40.3 Å². The summed E-state index contributed by atoms with van der Waals surface area (Å²) in [6.07, 6.45) is 0. The van der Waals surface area contributed by atoms with Crippen molar-refractivity contribution >= 4 is 23.3 Å². The minimum atomic E-state index is -0.455. The molecular weight excluding hydrogens is 346 g/mol. The molecule has 0 radical (unpaired) electrons. The molecule has 25 heavy (non-hydrogen) atoms. The smallest absolute Gasteiger partial charge is 0.357 e. The van der Waals surface area contributed by atoms with Crippen LogP contribution in [0, 0.1) is 0 Å². The highest BCUT2D eigenvalue weighted by Crippen LogP contribution is 2.27. The van der Waals surface area contributed by atoms with Crippen molar-refractivity contribution in [1.82, 2.24) is 4.98 Å². The highest BCUT2D eigenvalue weighted by atomic mass is 32.1. The van der Waals surface area contributed by atoms with Gasteiger partial charge in [0.1, 0.15) is 11.6 Å². The highest BCUT2D eigenvalue weighted by Gasteiger charge is 2.13. The monoisotopic (exact) mass is 365 g/mol. The summed E-state index contributed by atoms with van der Waals surface area (Å²) in [4.78, 5) is 27.2. The van der Waals surface area contributed by atoms with Crippen LogP contribution < -0.4 is 9.47 Å². The Morgan fingerprint density at radius 2 is 1.72 bits per heavy atom. The number of para-hydroxylation sites is 2. The number of rotatable bonds is 9. The lowest BCUT2D eigenvalue weighted by molar-refractivity contribution is -0.145. The molecule has 0 bridgehead atoms. The van der Waals surface area contributed by atoms with Crippen LogP contribution in [0.25, 0.3) is 0 Å². The van der Waals surface area contributed by atoms with Crippen molar-refractivity contribution < 1.29 is 28.5 Å². The van der Waals surface area contributed by atoms with Gasteiger partial charge in [0.25, 0.3) is 0 Å². The van der Waals surface area contributed by atoms with E-state index in [-0.39, 0.29) is 18.9 Å². The van der Waals surface area contributed by atoms with Crippen LogP contribution in [0.15, 0.2) is 29.6 Å². The quantitative estimate of drug-likeness (QED) is 0.632. The first-order valence-electron chi connectivity index (χ1n) is 7.75. The Kier molecular flexibility index (Phi) is 7.21. The molecule has 0 aliphatic heterocycles. The minimum absolute atomic E-state index is 0.170. The van der Waals surface area contributed by atoms with E-state index >= 15 is 0 Å². The maximum Gasteiger partial charge on any atom is 0.357 e. The number of nitrogens with zero attached hydrogens (tertiary/aromatic N) is 1. The Labute approximate surface area is 149 Å². The van der Waals surface area contributed by atoms with Crippen LogP contribution in [0.2, 0.25) is 0 Å². The number of carbonyl (C=O) groups is 2. The van der Waals surface area contributed by atoms with Gasteiger partial charge in [0.15, 0.2) is 23.8 Å². The number of esters is 2. The molecule has 0 unspecified atom stereocenters. The van der Waals surface area contributed by atoms with Gasteiger partial charge in [-0.2, -0.15) is 0 Å². The minimum Gasteiger partial charge on any atom is -0.483 e. The van der Waals surface area contributed by atoms with Gasteiger partial charge in [-0.3, -0.25) is 0 Å². The number of thiazole rings is 1. The second kappa shape index (κ2) is 9.63. The largest absolute Gasteiger partial charge is 0.483 e. The van der Waals surface area contributed by atoms with Gasteiger partial charge in [-0.1, -0.05) is 12.1 Å². The third-order valence-electron chi connectivity index (χ3n) is 2.89. The van der Waals surface area contributed by atoms with E-state index in [0.717, 1.165) is 0 Å². The number of hydrogen-bond donors (Lipinski definition) is 0. The molecule has 0 saturated carbocycles. The zero-order valence-electron chi connectivity index (χ0n) is 14.0. The van der Waals surface area contributed by atoms with Gasteiger partial charge in [-0.15, -0.1) is 11.3 Å².